The monoisotopic (exact) mass is 987 g/mol. The first kappa shape index (κ1) is 67.5. The lowest BCUT2D eigenvalue weighted by Crippen LogP contribution is -2.37. The molecule has 0 aromatic carbocycles. The highest BCUT2D eigenvalue weighted by Gasteiger charge is 2.26. The van der Waals surface area contributed by atoms with E-state index in [1.54, 1.807) is 0 Å². The summed E-state index contributed by atoms with van der Waals surface area (Å²) in [6.07, 6.45) is 61.8. The molecule has 68 heavy (non-hydrogen) atoms. The molecule has 0 aromatic heterocycles. The van der Waals surface area contributed by atoms with Gasteiger partial charge in [0.05, 0.1) is 34.4 Å². The first-order chi connectivity index (χ1) is 33.1. The Morgan fingerprint density at radius 3 is 0.971 bits per heavy atom. The number of quaternary nitrogens is 1. The van der Waals surface area contributed by atoms with Gasteiger partial charge in [-0.15, -0.1) is 0 Å². The second kappa shape index (κ2) is 52.8. The average molecular weight is 988 g/mol. The van der Waals surface area contributed by atoms with Crippen molar-refractivity contribution >= 4 is 13.8 Å². The van der Waals surface area contributed by atoms with Crippen LogP contribution in [0.25, 0.3) is 0 Å². The second-order valence-electron chi connectivity index (χ2n) is 22.1. The highest BCUT2D eigenvalue weighted by Crippen LogP contribution is 2.43. The Bertz CT molecular complexity index is 1050. The molecule has 0 aliphatic heterocycles. The van der Waals surface area contributed by atoms with Gasteiger partial charge in [0.1, 0.15) is 19.3 Å². The van der Waals surface area contributed by atoms with E-state index in [9.17, 15) is 14.3 Å². The SMILES string of the molecule is CCCCCCCCCCCCCCCCCCCCCCCCCCCC(=O)OC(COCCCCCCCCCCCCCCCCCCCCCCC)COP(=O)(O)OCC[N+](C)(C)C. The quantitative estimate of drug-likeness (QED) is 0.0281. The Morgan fingerprint density at radius 2 is 0.676 bits per heavy atom. The van der Waals surface area contributed by atoms with Gasteiger partial charge in [-0.25, -0.2) is 4.57 Å². The summed E-state index contributed by atoms with van der Waals surface area (Å²) in [5.41, 5.74) is 0. The van der Waals surface area contributed by atoms with Crippen LogP contribution in [0.3, 0.4) is 0 Å². The zero-order valence-electron chi connectivity index (χ0n) is 46.6. The lowest BCUT2D eigenvalue weighted by molar-refractivity contribution is -0.870. The lowest BCUT2D eigenvalue weighted by Gasteiger charge is -2.24. The first-order valence-corrected chi connectivity index (χ1v) is 31.8. The maximum Gasteiger partial charge on any atom is 0.472 e. The number of nitrogens with zero attached hydrogens (tertiary/aromatic N) is 1. The van der Waals surface area contributed by atoms with Crippen molar-refractivity contribution in [3.8, 4) is 0 Å². The van der Waals surface area contributed by atoms with Crippen molar-refractivity contribution in [2.45, 2.75) is 322 Å². The summed E-state index contributed by atoms with van der Waals surface area (Å²) in [4.78, 5) is 23.1. The van der Waals surface area contributed by atoms with E-state index in [4.69, 9.17) is 18.5 Å². The number of unbranched alkanes of at least 4 members (excludes halogenated alkanes) is 44. The number of esters is 1. The molecule has 2 unspecified atom stereocenters. The van der Waals surface area contributed by atoms with Crippen LogP contribution in [-0.2, 0) is 27.9 Å². The van der Waals surface area contributed by atoms with Gasteiger partial charge in [-0.3, -0.25) is 13.8 Å². The van der Waals surface area contributed by atoms with Crippen molar-refractivity contribution < 1.29 is 37.3 Å². The molecule has 0 radical (unpaired) electrons. The van der Waals surface area contributed by atoms with Crippen molar-refractivity contribution in [2.75, 3.05) is 54.1 Å². The fraction of sp³-hybridized carbons (Fsp3) is 0.983. The van der Waals surface area contributed by atoms with Crippen molar-refractivity contribution in [1.82, 2.24) is 0 Å². The van der Waals surface area contributed by atoms with Crippen LogP contribution >= 0.6 is 7.82 Å². The number of rotatable bonds is 58. The third-order valence-corrected chi connectivity index (χ3v) is 14.9. The molecular weight excluding hydrogens is 866 g/mol. The van der Waals surface area contributed by atoms with Gasteiger partial charge in [0.15, 0.2) is 0 Å². The average Bonchev–Trinajstić information content (AvgIpc) is 3.30. The first-order valence-electron chi connectivity index (χ1n) is 30.3. The minimum atomic E-state index is -4.28. The van der Waals surface area contributed by atoms with E-state index >= 15 is 0 Å². The second-order valence-corrected chi connectivity index (χ2v) is 23.6. The molecule has 1 N–H and O–H groups in total. The molecule has 0 spiro atoms. The van der Waals surface area contributed by atoms with Crippen LogP contribution in [0.5, 0.6) is 0 Å². The van der Waals surface area contributed by atoms with Crippen molar-refractivity contribution in [2.24, 2.45) is 0 Å². The van der Waals surface area contributed by atoms with Gasteiger partial charge in [0.25, 0.3) is 0 Å². The number of phosphoric acid groups is 1. The summed E-state index contributed by atoms with van der Waals surface area (Å²) >= 11 is 0. The van der Waals surface area contributed by atoms with Crippen LogP contribution in [0.4, 0.5) is 0 Å². The molecule has 0 saturated carbocycles. The third-order valence-electron chi connectivity index (χ3n) is 13.9. The van der Waals surface area contributed by atoms with Crippen LogP contribution < -0.4 is 0 Å². The Kier molecular flexibility index (Phi) is 52.4. The van der Waals surface area contributed by atoms with E-state index in [0.29, 0.717) is 24.1 Å². The van der Waals surface area contributed by atoms with Crippen molar-refractivity contribution in [1.29, 1.82) is 0 Å². The highest BCUT2D eigenvalue weighted by atomic mass is 31.2. The molecule has 2 atom stereocenters. The Morgan fingerprint density at radius 1 is 0.397 bits per heavy atom. The molecule has 0 bridgehead atoms. The van der Waals surface area contributed by atoms with Crippen LogP contribution in [0, 0.1) is 0 Å². The third kappa shape index (κ3) is 56.4. The van der Waals surface area contributed by atoms with Crippen LogP contribution in [0.1, 0.15) is 316 Å². The molecule has 9 heteroatoms. The predicted molar refractivity (Wildman–Crippen MR) is 294 cm³/mol. The Labute approximate surface area is 425 Å². The van der Waals surface area contributed by atoms with Gasteiger partial charge in [-0.2, -0.15) is 0 Å². The van der Waals surface area contributed by atoms with E-state index in [2.05, 4.69) is 13.8 Å². The minimum absolute atomic E-state index is 0.0945. The molecule has 0 aliphatic rings. The Hall–Kier alpha value is -0.500. The molecule has 0 rings (SSSR count). The van der Waals surface area contributed by atoms with E-state index in [1.165, 1.54) is 263 Å². The topological polar surface area (TPSA) is 91.3 Å². The molecule has 0 aromatic rings. The van der Waals surface area contributed by atoms with E-state index in [-0.39, 0.29) is 25.8 Å². The lowest BCUT2D eigenvalue weighted by atomic mass is 10.0. The van der Waals surface area contributed by atoms with Gasteiger partial charge in [-0.1, -0.05) is 296 Å². The zero-order valence-corrected chi connectivity index (χ0v) is 47.5. The van der Waals surface area contributed by atoms with Crippen molar-refractivity contribution in [3.05, 3.63) is 0 Å². The van der Waals surface area contributed by atoms with E-state index in [1.807, 2.05) is 21.1 Å². The van der Waals surface area contributed by atoms with E-state index in [0.717, 1.165) is 32.1 Å². The largest absolute Gasteiger partial charge is 0.472 e. The van der Waals surface area contributed by atoms with Gasteiger partial charge >= 0.3 is 13.8 Å². The molecule has 0 aliphatic carbocycles. The maximum absolute atomic E-state index is 12.8. The van der Waals surface area contributed by atoms with Crippen LogP contribution in [0.2, 0.25) is 0 Å². The molecule has 0 heterocycles. The number of carbonyl (C=O) groups excluding carboxylic acids is 1. The summed E-state index contributed by atoms with van der Waals surface area (Å²) in [5.74, 6) is -0.302. The normalized spacial score (nSPS) is 13.3. The zero-order chi connectivity index (χ0) is 49.8. The van der Waals surface area contributed by atoms with Gasteiger partial charge in [0.2, 0.25) is 0 Å². The summed E-state index contributed by atoms with van der Waals surface area (Å²) in [6, 6.07) is 0. The maximum atomic E-state index is 12.8. The number of hydrogen-bond acceptors (Lipinski definition) is 6. The van der Waals surface area contributed by atoms with Crippen molar-refractivity contribution in [3.63, 3.8) is 0 Å². The molecule has 0 saturated heterocycles. The molecule has 0 fully saturated rings. The molecule has 8 nitrogen and oxygen atoms in total. The number of hydrogen-bond donors (Lipinski definition) is 1. The fourth-order valence-corrected chi connectivity index (χ4v) is 10.0. The Balaban J connectivity index is 3.98. The molecule has 0 amide bonds. The van der Waals surface area contributed by atoms with Crippen LogP contribution in [-0.4, -0.2) is 75.6 Å². The number of likely N-dealkylation sites (N-methyl/N-ethyl adjacent to an activating group) is 1. The van der Waals surface area contributed by atoms with Gasteiger partial charge in [-0.05, 0) is 12.8 Å². The van der Waals surface area contributed by atoms with E-state index < -0.39 is 13.9 Å². The smallest absolute Gasteiger partial charge is 0.457 e. The van der Waals surface area contributed by atoms with Crippen LogP contribution in [0.15, 0.2) is 0 Å². The standard InChI is InChI=1S/C59H120NO7P/c1-6-8-10-12-14-16-18-20-22-24-26-28-29-30-31-32-34-36-38-40-42-44-46-48-50-52-59(61)67-58(57-66-68(62,63)65-55-53-60(3,4)5)56-64-54-51-49-47-45-43-41-39-37-35-33-27-25-23-21-19-17-15-13-11-9-7-2/h58H,6-57H2,1-5H3/p+1. The number of carbonyl (C=O) groups is 1. The predicted octanol–water partition coefficient (Wildman–Crippen LogP) is 19.1. The summed E-state index contributed by atoms with van der Waals surface area (Å²) in [5, 5.41) is 0. The fourth-order valence-electron chi connectivity index (χ4n) is 9.26. The molecule has 408 valence electrons. The number of ether oxygens (including phenoxy) is 2. The molecular formula is C59H121NO7P+. The summed E-state index contributed by atoms with van der Waals surface area (Å²) in [6.45, 7) is 5.73. The minimum Gasteiger partial charge on any atom is -0.457 e. The summed E-state index contributed by atoms with van der Waals surface area (Å²) in [7, 11) is 1.70. The summed E-state index contributed by atoms with van der Waals surface area (Å²) < 4.78 is 35.3. The highest BCUT2D eigenvalue weighted by molar-refractivity contribution is 7.47. The van der Waals surface area contributed by atoms with Gasteiger partial charge in [0, 0.05) is 13.0 Å². The number of phosphoric ester groups is 1. The van der Waals surface area contributed by atoms with Gasteiger partial charge < -0.3 is 18.9 Å².